The molecule has 0 unspecified atom stereocenters. The summed E-state index contributed by atoms with van der Waals surface area (Å²) < 4.78 is 0. The average Bonchev–Trinajstić information content (AvgIpc) is 2.27. The lowest BCUT2D eigenvalue weighted by Crippen LogP contribution is -2.54. The third kappa shape index (κ3) is 4.03. The first-order valence-corrected chi connectivity index (χ1v) is 5.29. The zero-order valence-electron chi connectivity index (χ0n) is 8.98. The van der Waals surface area contributed by atoms with E-state index in [0.717, 1.165) is 32.4 Å². The number of nitrogens with one attached hydrogen (secondary N) is 2. The van der Waals surface area contributed by atoms with Crippen LogP contribution in [0.3, 0.4) is 0 Å². The molecule has 2 amide bonds. The van der Waals surface area contributed by atoms with Crippen molar-refractivity contribution < 1.29 is 19.8 Å². The Morgan fingerprint density at radius 1 is 1.25 bits per heavy atom. The third-order valence-corrected chi connectivity index (χ3v) is 2.40. The van der Waals surface area contributed by atoms with Gasteiger partial charge in [0.05, 0.1) is 6.61 Å². The van der Waals surface area contributed by atoms with Gasteiger partial charge in [-0.1, -0.05) is 6.42 Å². The summed E-state index contributed by atoms with van der Waals surface area (Å²) in [7, 11) is 0. The summed E-state index contributed by atoms with van der Waals surface area (Å²) in [5, 5.41) is 21.2. The van der Waals surface area contributed by atoms with Gasteiger partial charge in [0.15, 0.2) is 6.04 Å². The molecule has 0 aromatic rings. The van der Waals surface area contributed by atoms with Crippen LogP contribution < -0.4 is 10.7 Å². The van der Waals surface area contributed by atoms with E-state index in [1.54, 1.807) is 5.01 Å². The summed E-state index contributed by atoms with van der Waals surface area (Å²) in [4.78, 5) is 21.9. The Bertz CT molecular complexity index is 253. The molecule has 0 aliphatic carbocycles. The largest absolute Gasteiger partial charge is 0.480 e. The van der Waals surface area contributed by atoms with Crippen molar-refractivity contribution in [3.05, 3.63) is 0 Å². The second kappa shape index (κ2) is 6.29. The van der Waals surface area contributed by atoms with Crippen molar-refractivity contribution in [2.75, 3.05) is 19.7 Å². The highest BCUT2D eigenvalue weighted by Gasteiger charge is 2.20. The molecule has 0 aromatic heterocycles. The molecule has 92 valence electrons. The average molecular weight is 231 g/mol. The van der Waals surface area contributed by atoms with Crippen LogP contribution in [0.25, 0.3) is 0 Å². The molecule has 7 heteroatoms. The molecule has 4 N–H and O–H groups in total. The Morgan fingerprint density at radius 2 is 1.88 bits per heavy atom. The molecule has 0 saturated carbocycles. The minimum Gasteiger partial charge on any atom is -0.480 e. The van der Waals surface area contributed by atoms with Crippen molar-refractivity contribution in [3.8, 4) is 0 Å². The second-order valence-electron chi connectivity index (χ2n) is 3.71. The molecule has 1 heterocycles. The molecule has 0 radical (unpaired) electrons. The Morgan fingerprint density at radius 3 is 2.38 bits per heavy atom. The summed E-state index contributed by atoms with van der Waals surface area (Å²) in [6, 6.07) is -1.85. The van der Waals surface area contributed by atoms with Gasteiger partial charge in [-0.15, -0.1) is 0 Å². The normalized spacial score (nSPS) is 18.8. The molecule has 0 spiro atoms. The van der Waals surface area contributed by atoms with Gasteiger partial charge < -0.3 is 15.5 Å². The van der Waals surface area contributed by atoms with Crippen LogP contribution in [0.5, 0.6) is 0 Å². The number of rotatable bonds is 4. The molecule has 1 saturated heterocycles. The number of amides is 2. The van der Waals surface area contributed by atoms with Crippen LogP contribution in [0.1, 0.15) is 19.3 Å². The minimum absolute atomic E-state index is 0.594. The van der Waals surface area contributed by atoms with E-state index in [-0.39, 0.29) is 0 Å². The van der Waals surface area contributed by atoms with E-state index in [1.165, 1.54) is 0 Å². The fourth-order valence-corrected chi connectivity index (χ4v) is 1.53. The highest BCUT2D eigenvalue weighted by molar-refractivity contribution is 5.82. The number of nitrogens with zero attached hydrogens (tertiary/aromatic N) is 1. The molecule has 1 aliphatic heterocycles. The van der Waals surface area contributed by atoms with Gasteiger partial charge in [-0.25, -0.2) is 14.6 Å². The van der Waals surface area contributed by atoms with E-state index in [9.17, 15) is 9.59 Å². The molecular weight excluding hydrogens is 214 g/mol. The standard InChI is InChI=1S/C9H17N3O4/c13-6-7(8(14)15)10-9(16)11-12-4-2-1-3-5-12/h7,13H,1-6H2,(H,14,15)(H2,10,11,16)/t7-/m1/s1. The van der Waals surface area contributed by atoms with Crippen LogP contribution >= 0.6 is 0 Å². The van der Waals surface area contributed by atoms with E-state index in [0.29, 0.717) is 0 Å². The van der Waals surface area contributed by atoms with Gasteiger partial charge >= 0.3 is 12.0 Å². The lowest BCUT2D eigenvalue weighted by molar-refractivity contribution is -0.140. The first-order chi connectivity index (χ1) is 7.63. The van der Waals surface area contributed by atoms with Crippen molar-refractivity contribution in [1.82, 2.24) is 15.8 Å². The van der Waals surface area contributed by atoms with Gasteiger partial charge in [0, 0.05) is 13.1 Å². The maximum absolute atomic E-state index is 11.3. The summed E-state index contributed by atoms with van der Waals surface area (Å²) in [6.07, 6.45) is 3.18. The van der Waals surface area contributed by atoms with Crippen LogP contribution in [0.2, 0.25) is 0 Å². The highest BCUT2D eigenvalue weighted by atomic mass is 16.4. The van der Waals surface area contributed by atoms with E-state index in [1.807, 2.05) is 0 Å². The summed E-state index contributed by atoms with van der Waals surface area (Å²) in [5.41, 5.74) is 2.55. The minimum atomic E-state index is -1.26. The number of aliphatic hydroxyl groups excluding tert-OH is 1. The van der Waals surface area contributed by atoms with E-state index >= 15 is 0 Å². The maximum atomic E-state index is 11.3. The topological polar surface area (TPSA) is 102 Å². The van der Waals surface area contributed by atoms with Crippen LogP contribution in [0.15, 0.2) is 0 Å². The number of carbonyl (C=O) groups excluding carboxylic acids is 1. The highest BCUT2D eigenvalue weighted by Crippen LogP contribution is 2.05. The number of aliphatic hydroxyl groups is 1. The van der Waals surface area contributed by atoms with Gasteiger partial charge in [-0.05, 0) is 12.8 Å². The lowest BCUT2D eigenvalue weighted by atomic mass is 10.2. The zero-order chi connectivity index (χ0) is 12.0. The predicted octanol–water partition coefficient (Wildman–Crippen LogP) is -0.868. The fourth-order valence-electron chi connectivity index (χ4n) is 1.53. The predicted molar refractivity (Wildman–Crippen MR) is 55.6 cm³/mol. The third-order valence-electron chi connectivity index (χ3n) is 2.40. The van der Waals surface area contributed by atoms with Crippen molar-refractivity contribution in [2.45, 2.75) is 25.3 Å². The number of carboxylic acid groups (broad SMARTS) is 1. The smallest absolute Gasteiger partial charge is 0.330 e. The number of hydrogen-bond acceptors (Lipinski definition) is 4. The van der Waals surface area contributed by atoms with Crippen molar-refractivity contribution in [2.24, 2.45) is 0 Å². The second-order valence-corrected chi connectivity index (χ2v) is 3.71. The SMILES string of the molecule is O=C(N[C@H](CO)C(=O)O)NN1CCCCC1. The zero-order valence-corrected chi connectivity index (χ0v) is 8.98. The summed E-state index contributed by atoms with van der Waals surface area (Å²) in [5.74, 6) is -1.25. The van der Waals surface area contributed by atoms with Gasteiger partial charge in [-0.2, -0.15) is 0 Å². The van der Waals surface area contributed by atoms with Crippen molar-refractivity contribution >= 4 is 12.0 Å². The molecule has 7 nitrogen and oxygen atoms in total. The molecule has 0 aromatic carbocycles. The molecule has 1 aliphatic rings. The van der Waals surface area contributed by atoms with Gasteiger partial charge in [0.2, 0.25) is 0 Å². The summed E-state index contributed by atoms with van der Waals surface area (Å²) >= 11 is 0. The first-order valence-electron chi connectivity index (χ1n) is 5.29. The Labute approximate surface area is 93.4 Å². The number of hydrazine groups is 1. The van der Waals surface area contributed by atoms with E-state index in [4.69, 9.17) is 10.2 Å². The van der Waals surface area contributed by atoms with Gasteiger partial charge in [-0.3, -0.25) is 5.43 Å². The number of carboxylic acids is 1. The maximum Gasteiger partial charge on any atom is 0.330 e. The van der Waals surface area contributed by atoms with Crippen LogP contribution in [-0.2, 0) is 4.79 Å². The van der Waals surface area contributed by atoms with Crippen LogP contribution in [-0.4, -0.2) is 53.0 Å². The van der Waals surface area contributed by atoms with Crippen LogP contribution in [0, 0.1) is 0 Å². The van der Waals surface area contributed by atoms with Gasteiger partial charge in [0.1, 0.15) is 0 Å². The Balaban J connectivity index is 2.31. The molecule has 1 rings (SSSR count). The Kier molecular flexibility index (Phi) is 5.00. The van der Waals surface area contributed by atoms with Crippen LogP contribution in [0.4, 0.5) is 4.79 Å². The van der Waals surface area contributed by atoms with E-state index < -0.39 is 24.6 Å². The number of urea groups is 1. The molecular formula is C9H17N3O4. The molecule has 1 fully saturated rings. The molecule has 16 heavy (non-hydrogen) atoms. The molecule has 1 atom stereocenters. The van der Waals surface area contributed by atoms with Crippen molar-refractivity contribution in [3.63, 3.8) is 0 Å². The Hall–Kier alpha value is -1.34. The first kappa shape index (κ1) is 12.7. The number of piperidine rings is 1. The number of hydrogen-bond donors (Lipinski definition) is 4. The number of aliphatic carboxylic acids is 1. The quantitative estimate of drug-likeness (QED) is 0.504. The molecule has 0 bridgehead atoms. The van der Waals surface area contributed by atoms with Crippen molar-refractivity contribution in [1.29, 1.82) is 0 Å². The van der Waals surface area contributed by atoms with E-state index in [2.05, 4.69) is 10.7 Å². The number of carbonyl (C=O) groups is 2. The summed E-state index contributed by atoms with van der Waals surface area (Å²) in [6.45, 7) is 0.914. The fraction of sp³-hybridized carbons (Fsp3) is 0.778. The van der Waals surface area contributed by atoms with Gasteiger partial charge in [0.25, 0.3) is 0 Å². The lowest BCUT2D eigenvalue weighted by Gasteiger charge is -2.27. The monoisotopic (exact) mass is 231 g/mol.